The van der Waals surface area contributed by atoms with Crippen LogP contribution in [-0.2, 0) is 13.7 Å². The van der Waals surface area contributed by atoms with Crippen molar-refractivity contribution in [3.63, 3.8) is 0 Å². The second-order valence-electron chi connectivity index (χ2n) is 4.45. The van der Waals surface area contributed by atoms with Crippen LogP contribution in [0.3, 0.4) is 0 Å². The van der Waals surface area contributed by atoms with Crippen LogP contribution >= 0.6 is 0 Å². The van der Waals surface area contributed by atoms with Gasteiger partial charge in [-0.3, -0.25) is 0 Å². The normalized spacial score (nSPS) is 15.7. The number of furan rings is 3. The highest BCUT2D eigenvalue weighted by atomic mass is 16.7. The molecule has 3 aromatic rings. The highest BCUT2D eigenvalue weighted by molar-refractivity contribution is 6.86. The second kappa shape index (κ2) is 5.36. The minimum absolute atomic E-state index is 0.548. The highest BCUT2D eigenvalue weighted by Crippen LogP contribution is 2.10. The van der Waals surface area contributed by atoms with Crippen molar-refractivity contribution in [3.05, 3.63) is 55.2 Å². The van der Waals surface area contributed by atoms with Crippen LogP contribution in [0.25, 0.3) is 0 Å². The summed E-state index contributed by atoms with van der Waals surface area (Å²) in [6, 6.07) is 10.6. The second-order valence-corrected chi connectivity index (χ2v) is 4.45. The predicted octanol–water partition coefficient (Wildman–Crippen LogP) is 0.0150. The average molecular weight is 282 g/mol. The lowest BCUT2D eigenvalue weighted by Crippen LogP contribution is -2.60. The van der Waals surface area contributed by atoms with Crippen molar-refractivity contribution in [2.45, 2.75) is 0 Å². The van der Waals surface area contributed by atoms with Crippen LogP contribution in [0.2, 0.25) is 0 Å². The van der Waals surface area contributed by atoms with Gasteiger partial charge in [0.15, 0.2) is 0 Å². The Hall–Kier alpha value is -2.09. The van der Waals surface area contributed by atoms with Crippen molar-refractivity contribution < 1.29 is 27.0 Å². The molecule has 0 atom stereocenters. The third kappa shape index (κ3) is 2.46. The zero-order valence-electron chi connectivity index (χ0n) is 10.9. The van der Waals surface area contributed by atoms with Gasteiger partial charge in [0.05, 0.1) is 18.8 Å². The van der Waals surface area contributed by atoms with Gasteiger partial charge >= 0.3 is 21.4 Å². The third-order valence-corrected chi connectivity index (χ3v) is 3.07. The maximum atomic E-state index is 5.73. The summed E-state index contributed by atoms with van der Waals surface area (Å²) in [6.07, 6.45) is 4.67. The van der Waals surface area contributed by atoms with E-state index in [0.717, 1.165) is 0 Å². The van der Waals surface area contributed by atoms with Gasteiger partial charge in [-0.15, -0.1) is 0 Å². The maximum Gasteiger partial charge on any atom is 0.505 e. The lowest BCUT2D eigenvalue weighted by Gasteiger charge is -2.27. The van der Waals surface area contributed by atoms with Crippen molar-refractivity contribution in [2.24, 2.45) is 0 Å². The first-order chi connectivity index (χ1) is 10.4. The van der Waals surface area contributed by atoms with E-state index >= 15 is 0 Å². The maximum absolute atomic E-state index is 5.73. The molecule has 1 fully saturated rings. The van der Waals surface area contributed by atoms with E-state index in [1.165, 1.54) is 0 Å². The van der Waals surface area contributed by atoms with Gasteiger partial charge in [-0.25, -0.2) is 0 Å². The summed E-state index contributed by atoms with van der Waals surface area (Å²) in [4.78, 5) is 0. The number of hydrogen-bond acceptors (Lipinski definition) is 6. The summed E-state index contributed by atoms with van der Waals surface area (Å²) < 4.78 is 33.2. The molecule has 4 heterocycles. The molecule has 1 aliphatic rings. The highest BCUT2D eigenvalue weighted by Gasteiger charge is 2.47. The molecule has 6 nitrogen and oxygen atoms in total. The van der Waals surface area contributed by atoms with Gasteiger partial charge in [-0.1, -0.05) is 0 Å². The molecule has 102 valence electrons. The summed E-state index contributed by atoms with van der Waals surface area (Å²) >= 11 is 0. The molecule has 9 heteroatoms. The van der Waals surface area contributed by atoms with E-state index in [4.69, 9.17) is 27.0 Å². The molecule has 3 aromatic heterocycles. The Morgan fingerprint density at radius 1 is 0.524 bits per heavy atom. The van der Waals surface area contributed by atoms with Gasteiger partial charge in [0.2, 0.25) is 0 Å². The SMILES string of the molecule is c1coc(B2OB(c3ccco3)OB(c3ccco3)O2)c1. The Bertz CT molecular complexity index is 564. The summed E-state index contributed by atoms with van der Waals surface area (Å²) in [6.45, 7) is 0. The molecule has 1 aliphatic heterocycles. The zero-order chi connectivity index (χ0) is 14.1. The summed E-state index contributed by atoms with van der Waals surface area (Å²) in [5, 5.41) is 0. The smallest absolute Gasteiger partial charge is 0.473 e. The van der Waals surface area contributed by atoms with Crippen molar-refractivity contribution in [3.8, 4) is 0 Å². The molecular formula is C12H9B3O6. The molecular weight excluding hydrogens is 273 g/mol. The molecule has 1 saturated heterocycles. The molecule has 0 saturated carbocycles. The van der Waals surface area contributed by atoms with E-state index in [2.05, 4.69) is 0 Å². The van der Waals surface area contributed by atoms with E-state index in [-0.39, 0.29) is 0 Å². The fraction of sp³-hybridized carbons (Fsp3) is 0. The van der Waals surface area contributed by atoms with E-state index in [9.17, 15) is 0 Å². The van der Waals surface area contributed by atoms with Crippen LogP contribution in [0.4, 0.5) is 0 Å². The monoisotopic (exact) mass is 282 g/mol. The van der Waals surface area contributed by atoms with E-state index < -0.39 is 21.4 Å². The first kappa shape index (κ1) is 12.6. The van der Waals surface area contributed by atoms with Gasteiger partial charge in [0.25, 0.3) is 0 Å². The summed E-state index contributed by atoms with van der Waals surface area (Å²) in [5.74, 6) is 0. The molecule has 0 N–H and O–H groups in total. The van der Waals surface area contributed by atoms with Gasteiger partial charge in [-0.2, -0.15) is 0 Å². The van der Waals surface area contributed by atoms with Gasteiger partial charge in [0, 0.05) is 0 Å². The number of hydrogen-bond donors (Lipinski definition) is 0. The van der Waals surface area contributed by atoms with Gasteiger partial charge in [0.1, 0.15) is 17.0 Å². The van der Waals surface area contributed by atoms with Crippen molar-refractivity contribution in [1.82, 2.24) is 0 Å². The lowest BCUT2D eigenvalue weighted by molar-refractivity contribution is 0.292. The topological polar surface area (TPSA) is 67.1 Å². The first-order valence-electron chi connectivity index (χ1n) is 6.47. The Morgan fingerprint density at radius 2 is 0.857 bits per heavy atom. The standard InChI is InChI=1S/C12H9B3O6/c1-4-10(16-7-1)13-19-14(11-5-2-8-17-11)21-15(20-13)12-6-3-9-18-12/h1-9H. The molecule has 0 radical (unpaired) electrons. The van der Waals surface area contributed by atoms with Crippen LogP contribution in [0, 0.1) is 0 Å². The minimum Gasteiger partial charge on any atom is -0.473 e. The van der Waals surface area contributed by atoms with Crippen LogP contribution in [0.1, 0.15) is 0 Å². The van der Waals surface area contributed by atoms with Crippen molar-refractivity contribution in [1.29, 1.82) is 0 Å². The quantitative estimate of drug-likeness (QED) is 0.630. The van der Waals surface area contributed by atoms with Crippen LogP contribution in [0.5, 0.6) is 0 Å². The molecule has 21 heavy (non-hydrogen) atoms. The van der Waals surface area contributed by atoms with E-state index in [1.54, 1.807) is 55.2 Å². The molecule has 0 unspecified atom stereocenters. The fourth-order valence-electron chi connectivity index (χ4n) is 2.11. The molecule has 4 rings (SSSR count). The first-order valence-corrected chi connectivity index (χ1v) is 6.47. The summed E-state index contributed by atoms with van der Waals surface area (Å²) in [7, 11) is -2.13. The van der Waals surface area contributed by atoms with Crippen LogP contribution in [-0.4, -0.2) is 21.4 Å². The zero-order valence-corrected chi connectivity index (χ0v) is 10.9. The van der Waals surface area contributed by atoms with Gasteiger partial charge in [-0.05, 0) is 36.4 Å². The minimum atomic E-state index is -0.709. The van der Waals surface area contributed by atoms with Crippen LogP contribution < -0.4 is 17.0 Å². The lowest BCUT2D eigenvalue weighted by atomic mass is 9.66. The molecule has 0 bridgehead atoms. The average Bonchev–Trinajstić information content (AvgIpc) is 3.29. The molecule has 0 aliphatic carbocycles. The van der Waals surface area contributed by atoms with E-state index in [0.29, 0.717) is 17.0 Å². The Kier molecular flexibility index (Phi) is 3.23. The largest absolute Gasteiger partial charge is 0.505 e. The van der Waals surface area contributed by atoms with E-state index in [1.807, 2.05) is 0 Å². The molecule has 0 amide bonds. The predicted molar refractivity (Wildman–Crippen MR) is 75.5 cm³/mol. The van der Waals surface area contributed by atoms with Crippen molar-refractivity contribution in [2.75, 3.05) is 0 Å². The third-order valence-electron chi connectivity index (χ3n) is 3.07. The Morgan fingerprint density at radius 3 is 1.10 bits per heavy atom. The molecule has 0 aromatic carbocycles. The Balaban J connectivity index is 1.64. The van der Waals surface area contributed by atoms with Crippen LogP contribution in [0.15, 0.2) is 68.4 Å². The molecule has 0 spiro atoms. The van der Waals surface area contributed by atoms with Crippen molar-refractivity contribution >= 4 is 38.3 Å². The fourth-order valence-corrected chi connectivity index (χ4v) is 2.11. The number of rotatable bonds is 3. The Labute approximate surface area is 121 Å². The summed E-state index contributed by atoms with van der Waals surface area (Å²) in [5.41, 5.74) is 1.64. The van der Waals surface area contributed by atoms with Gasteiger partial charge < -0.3 is 27.0 Å².